The van der Waals surface area contributed by atoms with Gasteiger partial charge in [-0.2, -0.15) is 20.0 Å². The van der Waals surface area contributed by atoms with Crippen molar-refractivity contribution in [3.05, 3.63) is 31.6 Å². The lowest BCUT2D eigenvalue weighted by atomic mass is 10.5. The van der Waals surface area contributed by atoms with Crippen molar-refractivity contribution in [1.29, 1.82) is 0 Å². The van der Waals surface area contributed by atoms with E-state index in [0.29, 0.717) is 18.9 Å². The molecule has 2 rings (SSSR count). The molecule has 2 heterocycles. The van der Waals surface area contributed by atoms with Crippen LogP contribution in [0.5, 0.6) is 0 Å². The molecule has 4 amide bonds. The first kappa shape index (κ1) is 23.9. The zero-order valence-corrected chi connectivity index (χ0v) is 15.0. The monoisotopic (exact) mass is 436 g/mol. The largest absolute Gasteiger partial charge is 0.428 e. The van der Waals surface area contributed by atoms with E-state index in [4.69, 9.17) is 0 Å². The van der Waals surface area contributed by atoms with Crippen molar-refractivity contribution in [2.75, 3.05) is 13.3 Å². The SMILES string of the molecule is O=C=NCN1C(=O)N(CN=C=O)C1=O.O=C=NCn1c(=O)oc(=O)n(CN=C=O)c1=O. The van der Waals surface area contributed by atoms with E-state index in [-0.39, 0.29) is 13.3 Å². The van der Waals surface area contributed by atoms with Crippen LogP contribution in [0.2, 0.25) is 0 Å². The Bertz CT molecular complexity index is 1130. The molecule has 1 fully saturated rings. The number of amides is 4. The van der Waals surface area contributed by atoms with Gasteiger partial charge < -0.3 is 4.42 Å². The predicted molar refractivity (Wildman–Crippen MR) is 90.2 cm³/mol. The van der Waals surface area contributed by atoms with Crippen LogP contribution < -0.4 is 17.2 Å². The van der Waals surface area contributed by atoms with Crippen molar-refractivity contribution >= 4 is 36.4 Å². The zero-order chi connectivity index (χ0) is 23.4. The number of aromatic nitrogens is 2. The highest BCUT2D eigenvalue weighted by molar-refractivity contribution is 6.11. The topological polar surface area (TPSA) is 233 Å². The first-order valence-electron chi connectivity index (χ1n) is 7.46. The normalized spacial score (nSPS) is 11.5. The van der Waals surface area contributed by atoms with Gasteiger partial charge in [-0.3, -0.25) is 0 Å². The Balaban J connectivity index is 0.000000316. The maximum absolute atomic E-state index is 11.5. The van der Waals surface area contributed by atoms with E-state index in [1.54, 1.807) is 0 Å². The van der Waals surface area contributed by atoms with Gasteiger partial charge >= 0.3 is 29.3 Å². The van der Waals surface area contributed by atoms with Crippen LogP contribution in [0.15, 0.2) is 38.8 Å². The van der Waals surface area contributed by atoms with Gasteiger partial charge in [-0.1, -0.05) is 0 Å². The smallest absolute Gasteiger partial charge is 0.358 e. The molecule has 0 radical (unpaired) electrons. The maximum Gasteiger partial charge on any atom is 0.428 e. The van der Waals surface area contributed by atoms with Crippen molar-refractivity contribution in [2.24, 2.45) is 20.0 Å². The van der Waals surface area contributed by atoms with Crippen LogP contribution in [0.4, 0.5) is 9.59 Å². The van der Waals surface area contributed by atoms with Gasteiger partial charge in [-0.05, 0) is 0 Å². The summed E-state index contributed by atoms with van der Waals surface area (Å²) in [5, 5.41) is 0. The minimum Gasteiger partial charge on any atom is -0.358 e. The molecule has 31 heavy (non-hydrogen) atoms. The third-order valence-electron chi connectivity index (χ3n) is 3.11. The second-order valence-electron chi connectivity index (χ2n) is 4.76. The first-order valence-corrected chi connectivity index (χ1v) is 7.46. The van der Waals surface area contributed by atoms with E-state index in [2.05, 4.69) is 24.4 Å². The summed E-state index contributed by atoms with van der Waals surface area (Å²) in [6.07, 6.45) is 4.60. The second kappa shape index (κ2) is 11.7. The van der Waals surface area contributed by atoms with E-state index < -0.39 is 42.6 Å². The molecule has 18 heteroatoms. The van der Waals surface area contributed by atoms with Gasteiger partial charge in [0.1, 0.15) is 26.7 Å². The standard InChI is InChI=1S/C7H4N4O6.C6H4N4O4/c12-3-8-1-10-5(14)11(2-9-4-13)7(16)17-6(10)15;11-3-7-1-9-5(13)10(6(9)14)2-8-4-12/h1-2H2;1-2H2. The van der Waals surface area contributed by atoms with Crippen molar-refractivity contribution in [2.45, 2.75) is 13.3 Å². The summed E-state index contributed by atoms with van der Waals surface area (Å²) in [5.41, 5.74) is -1.11. The summed E-state index contributed by atoms with van der Waals surface area (Å²) < 4.78 is 4.88. The number of hydrogen-bond donors (Lipinski definition) is 0. The van der Waals surface area contributed by atoms with E-state index in [1.165, 1.54) is 12.2 Å². The molecule has 1 saturated heterocycles. The molecule has 1 aromatic heterocycles. The minimum atomic E-state index is -1.27. The number of carbonyl (C=O) groups is 2. The number of imide groups is 2. The van der Waals surface area contributed by atoms with E-state index in [9.17, 15) is 43.2 Å². The van der Waals surface area contributed by atoms with Crippen LogP contribution in [0.3, 0.4) is 0 Å². The summed E-state index contributed by atoms with van der Waals surface area (Å²) in [5.74, 6) is -2.55. The van der Waals surface area contributed by atoms with Crippen molar-refractivity contribution in [3.63, 3.8) is 0 Å². The van der Waals surface area contributed by atoms with Crippen LogP contribution >= 0.6 is 0 Å². The molecule has 1 aromatic rings. The van der Waals surface area contributed by atoms with Crippen molar-refractivity contribution < 1.29 is 33.2 Å². The fourth-order valence-corrected chi connectivity index (χ4v) is 1.77. The lowest BCUT2D eigenvalue weighted by Gasteiger charge is -2.35. The highest BCUT2D eigenvalue weighted by Crippen LogP contribution is 2.15. The molecule has 0 saturated carbocycles. The number of nitrogens with zero attached hydrogens (tertiary/aromatic N) is 8. The quantitative estimate of drug-likeness (QED) is 0.295. The second-order valence-corrected chi connectivity index (χ2v) is 4.76. The van der Waals surface area contributed by atoms with Gasteiger partial charge in [-0.25, -0.2) is 62.1 Å². The molecule has 0 bridgehead atoms. The number of carbonyl (C=O) groups excluding carboxylic acids is 6. The lowest BCUT2D eigenvalue weighted by Crippen LogP contribution is -2.63. The van der Waals surface area contributed by atoms with Crippen molar-refractivity contribution in [1.82, 2.24) is 18.9 Å². The Morgan fingerprint density at radius 1 is 0.581 bits per heavy atom. The number of urea groups is 2. The molecular weight excluding hydrogens is 428 g/mol. The average molecular weight is 436 g/mol. The van der Waals surface area contributed by atoms with Crippen LogP contribution in [-0.4, -0.2) is 68.7 Å². The Kier molecular flexibility index (Phi) is 8.99. The Morgan fingerprint density at radius 2 is 0.903 bits per heavy atom. The van der Waals surface area contributed by atoms with E-state index >= 15 is 0 Å². The van der Waals surface area contributed by atoms with Gasteiger partial charge in [-0.15, -0.1) is 0 Å². The number of isocyanates is 4. The fourth-order valence-electron chi connectivity index (χ4n) is 1.77. The maximum atomic E-state index is 11.5. The molecule has 0 N–H and O–H groups in total. The van der Waals surface area contributed by atoms with Crippen LogP contribution in [0, 0.1) is 0 Å². The molecule has 0 atom stereocenters. The molecule has 0 unspecified atom stereocenters. The molecule has 0 aliphatic carbocycles. The lowest BCUT2D eigenvalue weighted by molar-refractivity contribution is 0.108. The van der Waals surface area contributed by atoms with Crippen LogP contribution in [0.1, 0.15) is 0 Å². The minimum absolute atomic E-state index is 0.359. The summed E-state index contributed by atoms with van der Waals surface area (Å²) in [6.45, 7) is -2.00. The third kappa shape index (κ3) is 5.92. The molecule has 1 aliphatic rings. The molecular formula is C13H8N8O10. The molecule has 1 aliphatic heterocycles. The van der Waals surface area contributed by atoms with Crippen molar-refractivity contribution in [3.8, 4) is 0 Å². The average Bonchev–Trinajstić information content (AvgIpc) is 2.74. The summed E-state index contributed by atoms with van der Waals surface area (Å²) >= 11 is 0. The van der Waals surface area contributed by atoms with Crippen LogP contribution in [0.25, 0.3) is 0 Å². The Hall–Kier alpha value is -5.13. The summed E-state index contributed by atoms with van der Waals surface area (Å²) in [4.78, 5) is 108. The zero-order valence-electron chi connectivity index (χ0n) is 15.0. The van der Waals surface area contributed by atoms with Gasteiger partial charge in [0.05, 0.1) is 0 Å². The number of hydrogen-bond acceptors (Lipinski definition) is 14. The third-order valence-corrected chi connectivity index (χ3v) is 3.11. The molecule has 18 nitrogen and oxygen atoms in total. The predicted octanol–water partition coefficient (Wildman–Crippen LogP) is -3.02. The van der Waals surface area contributed by atoms with E-state index in [0.717, 1.165) is 12.2 Å². The van der Waals surface area contributed by atoms with Gasteiger partial charge in [0.25, 0.3) is 0 Å². The van der Waals surface area contributed by atoms with Gasteiger partial charge in [0, 0.05) is 0 Å². The number of rotatable bonds is 8. The number of aliphatic imine (C=N–C) groups is 4. The van der Waals surface area contributed by atoms with Crippen LogP contribution in [-0.2, 0) is 32.5 Å². The highest BCUT2D eigenvalue weighted by atomic mass is 16.5. The first-order chi connectivity index (χ1) is 14.8. The Labute approximate surface area is 167 Å². The van der Waals surface area contributed by atoms with Gasteiger partial charge in [0.15, 0.2) is 0 Å². The molecule has 0 spiro atoms. The van der Waals surface area contributed by atoms with Gasteiger partial charge in [0.2, 0.25) is 24.3 Å². The van der Waals surface area contributed by atoms with E-state index in [1.807, 2.05) is 0 Å². The fraction of sp³-hybridized carbons (Fsp3) is 0.308. The summed E-state index contributed by atoms with van der Waals surface area (Å²) in [6, 6.07) is -1.32. The molecule has 160 valence electrons. The highest BCUT2D eigenvalue weighted by Gasteiger charge is 2.43. The Morgan fingerprint density at radius 3 is 1.23 bits per heavy atom. The molecule has 0 aromatic carbocycles. The summed E-state index contributed by atoms with van der Waals surface area (Å²) in [7, 11) is 0.